The van der Waals surface area contributed by atoms with Crippen molar-refractivity contribution in [2.75, 3.05) is 0 Å². The topological polar surface area (TPSA) is 0 Å². The van der Waals surface area contributed by atoms with Crippen LogP contribution in [0.1, 0.15) is 0 Å². The maximum Gasteiger partial charge on any atom is 0.270 e. The summed E-state index contributed by atoms with van der Waals surface area (Å²) in [6.45, 7) is 0. The van der Waals surface area contributed by atoms with Crippen LogP contribution in [0.5, 0.6) is 0 Å². The fourth-order valence-corrected chi connectivity index (χ4v) is 0.247. The number of rotatable bonds is 1. The molecule has 0 aromatic carbocycles. The minimum Gasteiger partial charge on any atom is -0.204 e. The van der Waals surface area contributed by atoms with E-state index in [4.69, 9.17) is 0 Å². The van der Waals surface area contributed by atoms with Gasteiger partial charge >= 0.3 is 0 Å². The van der Waals surface area contributed by atoms with Gasteiger partial charge < -0.3 is 0 Å². The molecule has 0 aromatic heterocycles. The Morgan fingerprint density at radius 3 is 2.00 bits per heavy atom. The number of alkyl halides is 2. The Balaban J connectivity index is 3.56. The van der Waals surface area contributed by atoms with E-state index < -0.39 is 6.43 Å². The fraction of sp³-hybridized carbons (Fsp3) is 0.333. The van der Waals surface area contributed by atoms with Crippen molar-refractivity contribution in [1.29, 1.82) is 0 Å². The molecule has 0 saturated heterocycles. The van der Waals surface area contributed by atoms with E-state index in [1.54, 1.807) is 0 Å². The molecule has 4 heteroatoms. The Morgan fingerprint density at radius 2 is 2.00 bits per heavy atom. The summed E-state index contributed by atoms with van der Waals surface area (Å²) in [6, 6.07) is 0. The maximum atomic E-state index is 11.3. The van der Waals surface area contributed by atoms with Gasteiger partial charge in [0.1, 0.15) is 0 Å². The van der Waals surface area contributed by atoms with Gasteiger partial charge in [-0.05, 0) is 20.9 Å². The third-order valence-electron chi connectivity index (χ3n) is 0.313. The highest BCUT2D eigenvalue weighted by Gasteiger charge is 2.03. The molecule has 0 aliphatic carbocycles. The van der Waals surface area contributed by atoms with Gasteiger partial charge in [0.2, 0.25) is 0 Å². The minimum atomic E-state index is -2.40. The van der Waals surface area contributed by atoms with Crippen LogP contribution in [0.4, 0.5) is 8.78 Å². The van der Waals surface area contributed by atoms with Crippen molar-refractivity contribution >= 4 is 31.9 Å². The lowest BCUT2D eigenvalue weighted by Crippen LogP contribution is -1.84. The van der Waals surface area contributed by atoms with Crippen molar-refractivity contribution in [3.63, 3.8) is 0 Å². The van der Waals surface area contributed by atoms with Gasteiger partial charge in [0, 0.05) is 0 Å². The Hall–Kier alpha value is 0.560. The molecule has 0 unspecified atom stereocenters. The van der Waals surface area contributed by atoms with Crippen LogP contribution in [0, 0.1) is 0 Å². The largest absolute Gasteiger partial charge is 0.270 e. The fourth-order valence-electron chi connectivity index (χ4n) is 0.0476. The third kappa shape index (κ3) is 3.17. The molecule has 0 saturated carbocycles. The van der Waals surface area contributed by atoms with Crippen molar-refractivity contribution in [3.05, 3.63) is 9.47 Å². The first-order valence-electron chi connectivity index (χ1n) is 1.42. The highest BCUT2D eigenvalue weighted by Crippen LogP contribution is 2.16. The quantitative estimate of drug-likeness (QED) is 0.656. The first-order valence-corrected chi connectivity index (χ1v) is 3.13. The maximum absolute atomic E-state index is 11.3. The van der Waals surface area contributed by atoms with Crippen molar-refractivity contribution < 1.29 is 8.78 Å². The number of halogens is 4. The molecule has 0 N–H and O–H groups in total. The normalized spacial score (nSPS) is 13.0. The molecule has 0 bridgehead atoms. The van der Waals surface area contributed by atoms with Gasteiger partial charge in [-0.1, -0.05) is 15.9 Å². The first-order chi connectivity index (χ1) is 3.18. The molecular formula is C3H2Br2F2. The molecule has 0 heterocycles. The monoisotopic (exact) mass is 234 g/mol. The molecule has 0 amide bonds. The van der Waals surface area contributed by atoms with E-state index in [1.807, 2.05) is 0 Å². The van der Waals surface area contributed by atoms with Crippen LogP contribution in [0.2, 0.25) is 0 Å². The molecule has 0 spiro atoms. The van der Waals surface area contributed by atoms with Gasteiger partial charge in [-0.2, -0.15) is 0 Å². The van der Waals surface area contributed by atoms with Gasteiger partial charge in [0.15, 0.2) is 0 Å². The average molecular weight is 236 g/mol. The predicted octanol–water partition coefficient (Wildman–Crippen LogP) is 2.88. The van der Waals surface area contributed by atoms with Crippen LogP contribution in [0.15, 0.2) is 9.47 Å². The van der Waals surface area contributed by atoms with E-state index in [0.717, 1.165) is 4.99 Å². The van der Waals surface area contributed by atoms with Gasteiger partial charge in [-0.25, -0.2) is 8.78 Å². The zero-order valence-electron chi connectivity index (χ0n) is 3.17. The predicted molar refractivity (Wildman–Crippen MR) is 31.9 cm³/mol. The molecule has 0 aromatic rings. The Bertz CT molecular complexity index is 79.0. The lowest BCUT2D eigenvalue weighted by atomic mass is 10.7. The van der Waals surface area contributed by atoms with E-state index >= 15 is 0 Å². The highest BCUT2D eigenvalue weighted by molar-refractivity contribution is 9.14. The second-order valence-corrected chi connectivity index (χ2v) is 2.17. The summed E-state index contributed by atoms with van der Waals surface area (Å²) < 4.78 is 22.4. The second-order valence-electron chi connectivity index (χ2n) is 0.795. The SMILES string of the molecule is FC(F)/C(Br)=C\Br. The molecule has 0 nitrogen and oxygen atoms in total. The van der Waals surface area contributed by atoms with Crippen LogP contribution < -0.4 is 0 Å². The number of hydrogen-bond donors (Lipinski definition) is 0. The molecule has 7 heavy (non-hydrogen) atoms. The van der Waals surface area contributed by atoms with Crippen molar-refractivity contribution in [1.82, 2.24) is 0 Å². The van der Waals surface area contributed by atoms with Gasteiger partial charge in [0.25, 0.3) is 6.43 Å². The zero-order valence-corrected chi connectivity index (χ0v) is 6.34. The van der Waals surface area contributed by atoms with Crippen LogP contribution in [0.3, 0.4) is 0 Å². The molecule has 0 radical (unpaired) electrons. The van der Waals surface area contributed by atoms with Crippen LogP contribution in [-0.2, 0) is 0 Å². The van der Waals surface area contributed by atoms with Crippen LogP contribution in [0.25, 0.3) is 0 Å². The second kappa shape index (κ2) is 3.55. The minimum absolute atomic E-state index is 0.132. The molecule has 0 aliphatic heterocycles. The third-order valence-corrected chi connectivity index (χ3v) is 2.00. The Labute approximate surface area is 56.8 Å². The van der Waals surface area contributed by atoms with Gasteiger partial charge in [0.05, 0.1) is 4.48 Å². The molecule has 0 aliphatic rings. The molecular weight excluding hydrogens is 234 g/mol. The van der Waals surface area contributed by atoms with Crippen LogP contribution in [-0.4, -0.2) is 6.43 Å². The summed E-state index contributed by atoms with van der Waals surface area (Å²) in [6.07, 6.45) is -2.40. The van der Waals surface area contributed by atoms with Gasteiger partial charge in [-0.15, -0.1) is 0 Å². The smallest absolute Gasteiger partial charge is 0.204 e. The molecule has 42 valence electrons. The lowest BCUT2D eigenvalue weighted by Gasteiger charge is -1.88. The summed E-state index contributed by atoms with van der Waals surface area (Å²) in [5, 5.41) is 0. The summed E-state index contributed by atoms with van der Waals surface area (Å²) in [5.74, 6) is 0. The van der Waals surface area contributed by atoms with E-state index in [1.165, 1.54) is 0 Å². The molecule has 0 atom stereocenters. The van der Waals surface area contributed by atoms with Crippen LogP contribution >= 0.6 is 31.9 Å². The molecule has 0 rings (SSSR count). The number of hydrogen-bond acceptors (Lipinski definition) is 0. The van der Waals surface area contributed by atoms with Crippen molar-refractivity contribution in [3.8, 4) is 0 Å². The van der Waals surface area contributed by atoms with E-state index in [-0.39, 0.29) is 4.48 Å². The van der Waals surface area contributed by atoms with Gasteiger partial charge in [-0.3, -0.25) is 0 Å². The standard InChI is InChI=1S/C3H2Br2F2/c4-1-2(5)3(6)7/h1,3H/b2-1+. The average Bonchev–Trinajstić information content (AvgIpc) is 1.65. The summed E-state index contributed by atoms with van der Waals surface area (Å²) in [5.41, 5.74) is 0. The first kappa shape index (κ1) is 7.56. The lowest BCUT2D eigenvalue weighted by molar-refractivity contribution is 0.201. The summed E-state index contributed by atoms with van der Waals surface area (Å²) in [7, 11) is 0. The summed E-state index contributed by atoms with van der Waals surface area (Å²) in [4.78, 5) is 1.14. The van der Waals surface area contributed by atoms with Crippen molar-refractivity contribution in [2.45, 2.75) is 6.43 Å². The van der Waals surface area contributed by atoms with E-state index in [2.05, 4.69) is 31.9 Å². The number of allylic oxidation sites excluding steroid dienone is 1. The van der Waals surface area contributed by atoms with E-state index in [0.29, 0.717) is 0 Å². The molecule has 0 fully saturated rings. The summed E-state index contributed by atoms with van der Waals surface area (Å²) >= 11 is 5.33. The van der Waals surface area contributed by atoms with Crippen molar-refractivity contribution in [2.24, 2.45) is 0 Å². The zero-order chi connectivity index (χ0) is 5.86. The Kier molecular flexibility index (Phi) is 3.83. The van der Waals surface area contributed by atoms with E-state index in [9.17, 15) is 8.78 Å². The Morgan fingerprint density at radius 1 is 1.57 bits per heavy atom. The highest BCUT2D eigenvalue weighted by atomic mass is 79.9.